The molecule has 1 amide bonds. The minimum atomic E-state index is 0.150. The summed E-state index contributed by atoms with van der Waals surface area (Å²) in [6.45, 7) is 4.58. The van der Waals surface area contributed by atoms with Crippen LogP contribution in [-0.2, 0) is 9.53 Å². The van der Waals surface area contributed by atoms with Crippen molar-refractivity contribution in [2.24, 2.45) is 0 Å². The van der Waals surface area contributed by atoms with Crippen LogP contribution >= 0.6 is 0 Å². The zero-order valence-corrected chi connectivity index (χ0v) is 9.42. The topological polar surface area (TPSA) is 29.5 Å². The molecule has 3 heteroatoms. The number of ether oxygens (including phenoxy) is 1. The predicted molar refractivity (Wildman–Crippen MR) is 58.6 cm³/mol. The average Bonchev–Trinajstić information content (AvgIpc) is 3.10. The lowest BCUT2D eigenvalue weighted by Crippen LogP contribution is -2.38. The summed E-state index contributed by atoms with van der Waals surface area (Å²) in [4.78, 5) is 13.6. The van der Waals surface area contributed by atoms with Crippen LogP contribution in [0.15, 0.2) is 11.1 Å². The molecule has 1 saturated carbocycles. The minimum Gasteiger partial charge on any atom is -0.372 e. The van der Waals surface area contributed by atoms with Crippen LogP contribution in [0.2, 0.25) is 0 Å². The van der Waals surface area contributed by atoms with Crippen molar-refractivity contribution >= 4 is 5.91 Å². The molecule has 1 aliphatic heterocycles. The first kappa shape index (κ1) is 10.7. The molecule has 0 spiro atoms. The fourth-order valence-electron chi connectivity index (χ4n) is 2.08. The van der Waals surface area contributed by atoms with Crippen LogP contribution in [0.3, 0.4) is 0 Å². The number of nitrogens with zero attached hydrogens (tertiary/aromatic N) is 1. The van der Waals surface area contributed by atoms with Crippen molar-refractivity contribution < 1.29 is 9.53 Å². The van der Waals surface area contributed by atoms with E-state index in [2.05, 4.69) is 0 Å². The van der Waals surface area contributed by atoms with Gasteiger partial charge in [0.2, 0.25) is 5.91 Å². The number of amides is 1. The van der Waals surface area contributed by atoms with Gasteiger partial charge in [-0.15, -0.1) is 0 Å². The number of allylic oxidation sites excluding steroid dienone is 1. The molecule has 3 nitrogen and oxygen atoms in total. The van der Waals surface area contributed by atoms with Gasteiger partial charge in [-0.1, -0.05) is 11.1 Å². The van der Waals surface area contributed by atoms with E-state index in [0.717, 1.165) is 25.9 Å². The molecule has 0 aromatic carbocycles. The Labute approximate surface area is 91.1 Å². The second kappa shape index (κ2) is 4.79. The molecule has 1 aliphatic carbocycles. The van der Waals surface area contributed by atoms with Crippen molar-refractivity contribution in [3.05, 3.63) is 11.1 Å². The first-order valence-corrected chi connectivity index (χ1v) is 5.86. The van der Waals surface area contributed by atoms with E-state index in [-0.39, 0.29) is 12.5 Å². The Morgan fingerprint density at radius 2 is 1.80 bits per heavy atom. The van der Waals surface area contributed by atoms with Crippen LogP contribution in [0.4, 0.5) is 0 Å². The molecular formula is C12H19NO2. The van der Waals surface area contributed by atoms with E-state index in [1.54, 1.807) is 11.1 Å². The number of likely N-dealkylation sites (tertiary alicyclic amines) is 1. The maximum absolute atomic E-state index is 11.6. The monoisotopic (exact) mass is 209 g/mol. The summed E-state index contributed by atoms with van der Waals surface area (Å²) in [7, 11) is 0. The zero-order chi connectivity index (χ0) is 10.7. The lowest BCUT2D eigenvalue weighted by molar-refractivity contribution is -0.136. The van der Waals surface area contributed by atoms with Gasteiger partial charge in [0.15, 0.2) is 0 Å². The van der Waals surface area contributed by atoms with E-state index in [1.807, 2.05) is 11.8 Å². The number of rotatable bonds is 3. The summed E-state index contributed by atoms with van der Waals surface area (Å²) < 4.78 is 5.13. The Hall–Kier alpha value is -0.830. The molecule has 15 heavy (non-hydrogen) atoms. The normalized spacial score (nSPS) is 20.7. The lowest BCUT2D eigenvalue weighted by atomic mass is 10.0. The van der Waals surface area contributed by atoms with Crippen molar-refractivity contribution in [1.82, 2.24) is 4.90 Å². The Morgan fingerprint density at radius 3 is 2.33 bits per heavy atom. The molecule has 0 N–H and O–H groups in total. The third-order valence-corrected chi connectivity index (χ3v) is 3.15. The number of carbonyl (C=O) groups excluding carboxylic acids is 1. The predicted octanol–water partition coefficient (Wildman–Crippen LogP) is 1.74. The first-order chi connectivity index (χ1) is 7.31. The molecule has 0 aromatic rings. The number of piperidine rings is 1. The highest BCUT2D eigenvalue weighted by Gasteiger charge is 2.23. The van der Waals surface area contributed by atoms with Gasteiger partial charge in [-0.2, -0.15) is 0 Å². The van der Waals surface area contributed by atoms with E-state index < -0.39 is 0 Å². The molecule has 0 radical (unpaired) electrons. The molecule has 0 atom stereocenters. The Morgan fingerprint density at radius 1 is 1.20 bits per heavy atom. The van der Waals surface area contributed by atoms with Crippen LogP contribution < -0.4 is 0 Å². The van der Waals surface area contributed by atoms with Gasteiger partial charge in [0.25, 0.3) is 0 Å². The largest absolute Gasteiger partial charge is 0.372 e. The van der Waals surface area contributed by atoms with Gasteiger partial charge in [-0.3, -0.25) is 4.79 Å². The van der Waals surface area contributed by atoms with Crippen LogP contribution in [0, 0.1) is 0 Å². The summed E-state index contributed by atoms with van der Waals surface area (Å²) in [5, 5.41) is 0. The van der Waals surface area contributed by atoms with E-state index in [4.69, 9.17) is 4.74 Å². The molecule has 2 aliphatic rings. The highest BCUT2D eigenvalue weighted by molar-refractivity contribution is 5.77. The Kier molecular flexibility index (Phi) is 3.41. The van der Waals surface area contributed by atoms with Crippen LogP contribution in [-0.4, -0.2) is 37.1 Å². The van der Waals surface area contributed by atoms with E-state index in [0.29, 0.717) is 6.61 Å². The molecule has 84 valence electrons. The van der Waals surface area contributed by atoms with Crippen molar-refractivity contribution in [2.75, 3.05) is 26.3 Å². The summed E-state index contributed by atoms with van der Waals surface area (Å²) in [6.07, 6.45) is 4.80. The Balaban J connectivity index is 1.77. The smallest absolute Gasteiger partial charge is 0.248 e. The van der Waals surface area contributed by atoms with E-state index >= 15 is 0 Å². The second-order valence-electron chi connectivity index (χ2n) is 4.23. The van der Waals surface area contributed by atoms with Crippen molar-refractivity contribution in [3.63, 3.8) is 0 Å². The van der Waals surface area contributed by atoms with E-state index in [9.17, 15) is 4.79 Å². The average molecular weight is 209 g/mol. The molecule has 0 bridgehead atoms. The third-order valence-electron chi connectivity index (χ3n) is 3.15. The van der Waals surface area contributed by atoms with Gasteiger partial charge in [-0.25, -0.2) is 0 Å². The lowest BCUT2D eigenvalue weighted by Gasteiger charge is -2.28. The van der Waals surface area contributed by atoms with Gasteiger partial charge >= 0.3 is 0 Å². The molecular weight excluding hydrogens is 190 g/mol. The summed E-state index contributed by atoms with van der Waals surface area (Å²) in [5.41, 5.74) is 3.28. The molecule has 2 fully saturated rings. The van der Waals surface area contributed by atoms with Crippen LogP contribution in [0.5, 0.6) is 0 Å². The SMILES string of the molecule is CCOCC(=O)N1CCC(=C2CC2)CC1. The fraction of sp³-hybridized carbons (Fsp3) is 0.750. The molecule has 0 unspecified atom stereocenters. The standard InChI is InChI=1S/C12H19NO2/c1-2-15-9-12(14)13-7-5-11(6-8-13)10-3-4-10/h2-9H2,1H3. The summed E-state index contributed by atoms with van der Waals surface area (Å²) >= 11 is 0. The Bertz CT molecular complexity index is 267. The number of carbonyl (C=O) groups is 1. The number of hydrogen-bond donors (Lipinski definition) is 0. The first-order valence-electron chi connectivity index (χ1n) is 5.86. The zero-order valence-electron chi connectivity index (χ0n) is 9.42. The van der Waals surface area contributed by atoms with Gasteiger partial charge in [0.05, 0.1) is 0 Å². The maximum atomic E-state index is 11.6. The van der Waals surface area contributed by atoms with Crippen LogP contribution in [0.25, 0.3) is 0 Å². The van der Waals surface area contributed by atoms with Gasteiger partial charge < -0.3 is 9.64 Å². The summed E-state index contributed by atoms with van der Waals surface area (Å²) in [5.74, 6) is 0.150. The molecule has 1 saturated heterocycles. The quantitative estimate of drug-likeness (QED) is 0.663. The molecule has 0 aromatic heterocycles. The highest BCUT2D eigenvalue weighted by Crippen LogP contribution is 2.35. The fourth-order valence-corrected chi connectivity index (χ4v) is 2.08. The molecule has 1 heterocycles. The van der Waals surface area contributed by atoms with Gasteiger partial charge in [0, 0.05) is 19.7 Å². The minimum absolute atomic E-state index is 0.150. The van der Waals surface area contributed by atoms with Gasteiger partial charge in [0.1, 0.15) is 6.61 Å². The van der Waals surface area contributed by atoms with Crippen LogP contribution in [0.1, 0.15) is 32.6 Å². The van der Waals surface area contributed by atoms with E-state index in [1.165, 1.54) is 12.8 Å². The second-order valence-corrected chi connectivity index (χ2v) is 4.23. The van der Waals surface area contributed by atoms with Gasteiger partial charge in [-0.05, 0) is 32.6 Å². The third kappa shape index (κ3) is 2.81. The van der Waals surface area contributed by atoms with Crippen molar-refractivity contribution in [2.45, 2.75) is 32.6 Å². The highest BCUT2D eigenvalue weighted by atomic mass is 16.5. The maximum Gasteiger partial charge on any atom is 0.248 e. The summed E-state index contributed by atoms with van der Waals surface area (Å²) in [6, 6.07) is 0. The molecule has 2 rings (SSSR count). The number of hydrogen-bond acceptors (Lipinski definition) is 2. The van der Waals surface area contributed by atoms with Crippen molar-refractivity contribution in [1.29, 1.82) is 0 Å². The van der Waals surface area contributed by atoms with Crippen molar-refractivity contribution in [3.8, 4) is 0 Å².